The van der Waals surface area contributed by atoms with Gasteiger partial charge in [-0.15, -0.1) is 0 Å². The maximum absolute atomic E-state index is 14.0. The number of anilines is 1. The van der Waals surface area contributed by atoms with E-state index in [-0.39, 0.29) is 5.82 Å². The van der Waals surface area contributed by atoms with Gasteiger partial charge in [-0.2, -0.15) is 0 Å². The van der Waals surface area contributed by atoms with Crippen LogP contribution in [0.4, 0.5) is 10.1 Å². The topological polar surface area (TPSA) is 23.5 Å². The third-order valence-corrected chi connectivity index (χ3v) is 3.60. The summed E-state index contributed by atoms with van der Waals surface area (Å²) in [6, 6.07) is 5.36. The summed E-state index contributed by atoms with van der Waals surface area (Å²) in [5.74, 6) is -0.219. The van der Waals surface area contributed by atoms with Crippen LogP contribution in [0.5, 0.6) is 0 Å². The molecular formula is C14H20FNO. The molecule has 2 nitrogen and oxygen atoms in total. The first-order valence-electron chi connectivity index (χ1n) is 6.38. The highest BCUT2D eigenvalue weighted by Gasteiger charge is 2.28. The van der Waals surface area contributed by atoms with Gasteiger partial charge in [0.15, 0.2) is 0 Å². The lowest BCUT2D eigenvalue weighted by Crippen LogP contribution is -2.30. The summed E-state index contributed by atoms with van der Waals surface area (Å²) in [7, 11) is 0. The number of nitrogens with zero attached hydrogens (tertiary/aromatic N) is 1. The maximum atomic E-state index is 14.0. The molecule has 0 radical (unpaired) electrons. The van der Waals surface area contributed by atoms with E-state index < -0.39 is 6.10 Å². The summed E-state index contributed by atoms with van der Waals surface area (Å²) in [6.45, 7) is 4.71. The third-order valence-electron chi connectivity index (χ3n) is 3.60. The molecule has 2 atom stereocenters. The number of hydrogen-bond acceptors (Lipinski definition) is 2. The molecule has 1 aliphatic heterocycles. The number of aliphatic hydroxyl groups is 1. The molecule has 0 saturated carbocycles. The van der Waals surface area contributed by atoms with Crippen LogP contribution in [0.25, 0.3) is 0 Å². The molecule has 94 valence electrons. The number of benzene rings is 1. The Balaban J connectivity index is 2.42. The summed E-state index contributed by atoms with van der Waals surface area (Å²) < 4.78 is 14.0. The minimum Gasteiger partial charge on any atom is -0.389 e. The van der Waals surface area contributed by atoms with Crippen LogP contribution in [-0.2, 0) is 0 Å². The number of para-hydroxylation sites is 1. The maximum Gasteiger partial charge on any atom is 0.146 e. The fourth-order valence-electron chi connectivity index (χ4n) is 2.73. The van der Waals surface area contributed by atoms with Crippen molar-refractivity contribution >= 4 is 5.69 Å². The van der Waals surface area contributed by atoms with Gasteiger partial charge in [-0.1, -0.05) is 19.1 Å². The van der Waals surface area contributed by atoms with Gasteiger partial charge < -0.3 is 10.0 Å². The highest BCUT2D eigenvalue weighted by molar-refractivity contribution is 5.57. The molecule has 1 aliphatic rings. The van der Waals surface area contributed by atoms with Crippen molar-refractivity contribution in [3.05, 3.63) is 29.6 Å². The first-order valence-corrected chi connectivity index (χ1v) is 6.38. The lowest BCUT2D eigenvalue weighted by Gasteiger charge is -2.29. The third kappa shape index (κ3) is 2.29. The highest BCUT2D eigenvalue weighted by atomic mass is 19.1. The minimum atomic E-state index is -0.626. The largest absolute Gasteiger partial charge is 0.389 e. The summed E-state index contributed by atoms with van der Waals surface area (Å²) in [5.41, 5.74) is 1.30. The Morgan fingerprint density at radius 3 is 2.94 bits per heavy atom. The monoisotopic (exact) mass is 237 g/mol. The summed E-state index contributed by atoms with van der Waals surface area (Å²) in [6.07, 6.45) is 2.61. The fraction of sp³-hybridized carbons (Fsp3) is 0.571. The molecule has 2 unspecified atom stereocenters. The van der Waals surface area contributed by atoms with Crippen molar-refractivity contribution in [3.63, 3.8) is 0 Å². The van der Waals surface area contributed by atoms with Crippen LogP contribution in [0.3, 0.4) is 0 Å². The van der Waals surface area contributed by atoms with Gasteiger partial charge in [0.2, 0.25) is 0 Å². The molecule has 0 aromatic heterocycles. The predicted octanol–water partition coefficient (Wildman–Crippen LogP) is 3.26. The van der Waals surface area contributed by atoms with Crippen molar-refractivity contribution in [2.75, 3.05) is 11.4 Å². The van der Waals surface area contributed by atoms with E-state index in [4.69, 9.17) is 0 Å². The van der Waals surface area contributed by atoms with E-state index in [9.17, 15) is 9.50 Å². The average Bonchev–Trinajstić information content (AvgIpc) is 2.76. The van der Waals surface area contributed by atoms with Crippen LogP contribution in [0.15, 0.2) is 18.2 Å². The van der Waals surface area contributed by atoms with Gasteiger partial charge in [-0.25, -0.2) is 4.39 Å². The van der Waals surface area contributed by atoms with Crippen LogP contribution < -0.4 is 4.90 Å². The van der Waals surface area contributed by atoms with Gasteiger partial charge in [-0.05, 0) is 32.3 Å². The highest BCUT2D eigenvalue weighted by Crippen LogP contribution is 2.35. The number of halogens is 1. The quantitative estimate of drug-likeness (QED) is 0.872. The average molecular weight is 237 g/mol. The zero-order valence-corrected chi connectivity index (χ0v) is 10.5. The lowest BCUT2D eigenvalue weighted by atomic mass is 10.1. The van der Waals surface area contributed by atoms with Gasteiger partial charge >= 0.3 is 0 Å². The summed E-state index contributed by atoms with van der Waals surface area (Å²) in [4.78, 5) is 2.12. The van der Waals surface area contributed by atoms with Crippen molar-refractivity contribution in [3.8, 4) is 0 Å². The predicted molar refractivity (Wildman–Crippen MR) is 67.7 cm³/mol. The second-order valence-corrected chi connectivity index (χ2v) is 4.75. The van der Waals surface area contributed by atoms with Crippen LogP contribution >= 0.6 is 0 Å². The standard InChI is InChI=1S/C14H20FNO/c1-3-11-6-5-9-16(11)14-12(10(2)17)7-4-8-13(14)15/h4,7-8,10-11,17H,3,5-6,9H2,1-2H3. The molecule has 0 amide bonds. The number of hydrogen-bond donors (Lipinski definition) is 1. The zero-order chi connectivity index (χ0) is 12.4. The first kappa shape index (κ1) is 12.4. The summed E-state index contributed by atoms with van der Waals surface area (Å²) in [5, 5.41) is 9.75. The molecular weight excluding hydrogens is 217 g/mol. The second-order valence-electron chi connectivity index (χ2n) is 4.75. The fourth-order valence-corrected chi connectivity index (χ4v) is 2.73. The zero-order valence-electron chi connectivity index (χ0n) is 10.5. The SMILES string of the molecule is CCC1CCCN1c1c(F)cccc1C(C)O. The van der Waals surface area contributed by atoms with E-state index in [0.717, 1.165) is 25.8 Å². The van der Waals surface area contributed by atoms with E-state index >= 15 is 0 Å². The Bertz CT molecular complexity index is 392. The van der Waals surface area contributed by atoms with Gasteiger partial charge in [0.25, 0.3) is 0 Å². The second kappa shape index (κ2) is 5.05. The van der Waals surface area contributed by atoms with Crippen LogP contribution in [0.1, 0.15) is 44.8 Å². The minimum absolute atomic E-state index is 0.219. The van der Waals surface area contributed by atoms with E-state index in [0.29, 0.717) is 17.3 Å². The molecule has 17 heavy (non-hydrogen) atoms. The van der Waals surface area contributed by atoms with E-state index in [1.165, 1.54) is 6.07 Å². The molecule has 2 rings (SSSR count). The summed E-state index contributed by atoms with van der Waals surface area (Å²) >= 11 is 0. The Morgan fingerprint density at radius 1 is 1.53 bits per heavy atom. The van der Waals surface area contributed by atoms with Crippen molar-refractivity contribution < 1.29 is 9.50 Å². The normalized spacial score (nSPS) is 21.9. The van der Waals surface area contributed by atoms with Gasteiger partial charge in [0.1, 0.15) is 5.82 Å². The van der Waals surface area contributed by atoms with Crippen LogP contribution in [-0.4, -0.2) is 17.7 Å². The number of aliphatic hydroxyl groups excluding tert-OH is 1. The lowest BCUT2D eigenvalue weighted by molar-refractivity contribution is 0.199. The number of rotatable bonds is 3. The Kier molecular flexibility index (Phi) is 3.67. The molecule has 3 heteroatoms. The molecule has 1 aromatic carbocycles. The van der Waals surface area contributed by atoms with Gasteiger partial charge in [0, 0.05) is 18.2 Å². The van der Waals surface area contributed by atoms with E-state index in [1.54, 1.807) is 13.0 Å². The molecule has 0 spiro atoms. The molecule has 0 aliphatic carbocycles. The molecule has 1 aromatic rings. The van der Waals surface area contributed by atoms with Crippen LogP contribution in [0.2, 0.25) is 0 Å². The Labute approximate surface area is 102 Å². The molecule has 1 heterocycles. The molecule has 1 saturated heterocycles. The Morgan fingerprint density at radius 2 is 2.29 bits per heavy atom. The van der Waals surface area contributed by atoms with Crippen LogP contribution in [0, 0.1) is 5.82 Å². The molecule has 1 fully saturated rings. The first-order chi connectivity index (χ1) is 8.15. The molecule has 1 N–H and O–H groups in total. The van der Waals surface area contributed by atoms with Crippen molar-refractivity contribution in [2.45, 2.75) is 45.3 Å². The van der Waals surface area contributed by atoms with Crippen molar-refractivity contribution in [2.24, 2.45) is 0 Å². The van der Waals surface area contributed by atoms with E-state index in [2.05, 4.69) is 11.8 Å². The van der Waals surface area contributed by atoms with Gasteiger partial charge in [0.05, 0.1) is 11.8 Å². The van der Waals surface area contributed by atoms with Gasteiger partial charge in [-0.3, -0.25) is 0 Å². The van der Waals surface area contributed by atoms with Crippen molar-refractivity contribution in [1.82, 2.24) is 0 Å². The Hall–Kier alpha value is -1.09. The van der Waals surface area contributed by atoms with Crippen molar-refractivity contribution in [1.29, 1.82) is 0 Å². The van der Waals surface area contributed by atoms with E-state index in [1.807, 2.05) is 6.07 Å². The smallest absolute Gasteiger partial charge is 0.146 e. The molecule has 0 bridgehead atoms.